The van der Waals surface area contributed by atoms with Crippen LogP contribution in [0, 0.1) is 0 Å². The molecule has 166 valence electrons. The van der Waals surface area contributed by atoms with Gasteiger partial charge in [0.2, 0.25) is 0 Å². The topological polar surface area (TPSA) is 89.8 Å². The van der Waals surface area contributed by atoms with Crippen LogP contribution >= 0.6 is 0 Å². The molecule has 0 saturated carbocycles. The molecule has 0 radical (unpaired) electrons. The monoisotopic (exact) mass is 434 g/mol. The third-order valence-corrected chi connectivity index (χ3v) is 4.91. The van der Waals surface area contributed by atoms with Crippen molar-refractivity contribution in [3.63, 3.8) is 0 Å². The summed E-state index contributed by atoms with van der Waals surface area (Å²) in [6.07, 6.45) is 3.66. The van der Waals surface area contributed by atoms with E-state index in [-0.39, 0.29) is 11.7 Å². The number of nitrogens with one attached hydrogen (secondary N) is 2. The van der Waals surface area contributed by atoms with Gasteiger partial charge in [0.05, 0.1) is 26.5 Å². The lowest BCUT2D eigenvalue weighted by Gasteiger charge is -2.19. The van der Waals surface area contributed by atoms with E-state index in [0.717, 1.165) is 11.3 Å². The highest BCUT2D eigenvalue weighted by molar-refractivity contribution is 6.05. The van der Waals surface area contributed by atoms with E-state index in [1.807, 2.05) is 31.2 Å². The summed E-state index contributed by atoms with van der Waals surface area (Å²) in [7, 11) is 3.15. The zero-order chi connectivity index (χ0) is 22.9. The number of ether oxygens (including phenoxy) is 2. The highest BCUT2D eigenvalue weighted by atomic mass is 16.5. The van der Waals surface area contributed by atoms with E-state index in [2.05, 4.69) is 10.6 Å². The lowest BCUT2D eigenvalue weighted by molar-refractivity contribution is -0.118. The molecule has 0 bridgehead atoms. The minimum absolute atomic E-state index is 0.0766. The van der Waals surface area contributed by atoms with E-state index in [0.29, 0.717) is 23.5 Å². The van der Waals surface area contributed by atoms with Gasteiger partial charge in [-0.1, -0.05) is 19.1 Å². The van der Waals surface area contributed by atoms with Gasteiger partial charge in [-0.25, -0.2) is 0 Å². The van der Waals surface area contributed by atoms with Crippen LogP contribution in [0.3, 0.4) is 0 Å². The number of hydrogen-bond donors (Lipinski definition) is 2. The van der Waals surface area contributed by atoms with Crippen molar-refractivity contribution in [2.45, 2.75) is 19.4 Å². The minimum Gasteiger partial charge on any atom is -0.497 e. The molecule has 0 aliphatic heterocycles. The van der Waals surface area contributed by atoms with Crippen LogP contribution in [0.1, 0.15) is 41.1 Å². The van der Waals surface area contributed by atoms with Crippen molar-refractivity contribution in [2.75, 3.05) is 14.2 Å². The Balaban J connectivity index is 1.80. The van der Waals surface area contributed by atoms with E-state index in [1.165, 1.54) is 12.3 Å². The molecule has 1 aromatic heterocycles. The van der Waals surface area contributed by atoms with Crippen molar-refractivity contribution in [3.8, 4) is 11.5 Å². The first kappa shape index (κ1) is 22.7. The number of amides is 2. The molecule has 3 rings (SSSR count). The first-order valence-electron chi connectivity index (χ1n) is 10.2. The highest BCUT2D eigenvalue weighted by Gasteiger charge is 2.19. The largest absolute Gasteiger partial charge is 0.497 e. The lowest BCUT2D eigenvalue weighted by Crippen LogP contribution is -2.36. The number of methoxy groups -OCH3 is 2. The van der Waals surface area contributed by atoms with Crippen LogP contribution in [0.15, 0.2) is 77.0 Å². The van der Waals surface area contributed by atoms with E-state index >= 15 is 0 Å². The maximum Gasteiger partial charge on any atom is 0.268 e. The molecular formula is C25H26N2O5. The third kappa shape index (κ3) is 5.78. The average molecular weight is 434 g/mol. The number of furan rings is 1. The van der Waals surface area contributed by atoms with E-state index in [1.54, 1.807) is 50.6 Å². The van der Waals surface area contributed by atoms with Gasteiger partial charge in [0, 0.05) is 11.6 Å². The van der Waals surface area contributed by atoms with Gasteiger partial charge in [-0.3, -0.25) is 9.59 Å². The Bertz CT molecular complexity index is 1050. The first-order chi connectivity index (χ1) is 15.5. The summed E-state index contributed by atoms with van der Waals surface area (Å²) in [6, 6.07) is 17.3. The fourth-order valence-corrected chi connectivity index (χ4v) is 3.10. The Morgan fingerprint density at radius 3 is 2.12 bits per heavy atom. The molecule has 2 aromatic carbocycles. The molecule has 3 aromatic rings. The summed E-state index contributed by atoms with van der Waals surface area (Å²) in [6.45, 7) is 1.97. The predicted octanol–water partition coefficient (Wildman–Crippen LogP) is 4.34. The Morgan fingerprint density at radius 2 is 1.59 bits per heavy atom. The Hall–Kier alpha value is -4.00. The molecule has 2 N–H and O–H groups in total. The van der Waals surface area contributed by atoms with Crippen LogP contribution in [0.2, 0.25) is 0 Å². The number of carbonyl (C=O) groups excluding carboxylic acids is 2. The quantitative estimate of drug-likeness (QED) is 0.489. The van der Waals surface area contributed by atoms with Crippen LogP contribution < -0.4 is 20.1 Å². The second kappa shape index (κ2) is 10.9. The van der Waals surface area contributed by atoms with Crippen molar-refractivity contribution < 1.29 is 23.5 Å². The highest BCUT2D eigenvalue weighted by Crippen LogP contribution is 2.21. The molecule has 1 atom stereocenters. The minimum atomic E-state index is -0.425. The van der Waals surface area contributed by atoms with Crippen LogP contribution in [-0.4, -0.2) is 26.0 Å². The van der Waals surface area contributed by atoms with Gasteiger partial charge >= 0.3 is 0 Å². The molecule has 7 nitrogen and oxygen atoms in total. The molecule has 7 heteroatoms. The summed E-state index contributed by atoms with van der Waals surface area (Å²) in [5, 5.41) is 5.68. The molecule has 32 heavy (non-hydrogen) atoms. The summed E-state index contributed by atoms with van der Waals surface area (Å²) < 4.78 is 15.7. The summed E-state index contributed by atoms with van der Waals surface area (Å²) in [5.41, 5.74) is 1.40. The molecular weight excluding hydrogens is 408 g/mol. The van der Waals surface area contributed by atoms with Gasteiger partial charge in [0.25, 0.3) is 11.8 Å². The Labute approximate surface area is 187 Å². The van der Waals surface area contributed by atoms with E-state index < -0.39 is 11.8 Å². The van der Waals surface area contributed by atoms with Gasteiger partial charge < -0.3 is 24.5 Å². The van der Waals surface area contributed by atoms with Crippen molar-refractivity contribution in [2.24, 2.45) is 0 Å². The van der Waals surface area contributed by atoms with E-state index in [4.69, 9.17) is 13.9 Å². The Kier molecular flexibility index (Phi) is 7.70. The standard InChI is InChI=1S/C25H26N2O5/c1-4-22(17-7-11-19(30-2)12-8-17)26-25(29)23(16-21-6-5-15-32-21)27-24(28)18-9-13-20(31-3)14-10-18/h5-16,22H,4H2,1-3H3,(H,26,29)(H,27,28)/b23-16-/t22-/m0/s1. The molecule has 0 saturated heterocycles. The van der Waals surface area contributed by atoms with Crippen LogP contribution in [0.4, 0.5) is 0 Å². The second-order valence-corrected chi connectivity index (χ2v) is 6.96. The zero-order valence-corrected chi connectivity index (χ0v) is 18.3. The number of carbonyl (C=O) groups is 2. The predicted molar refractivity (Wildman–Crippen MR) is 121 cm³/mol. The lowest BCUT2D eigenvalue weighted by atomic mass is 10.0. The zero-order valence-electron chi connectivity index (χ0n) is 18.3. The number of rotatable bonds is 9. The smallest absolute Gasteiger partial charge is 0.268 e. The van der Waals surface area contributed by atoms with Crippen molar-refractivity contribution in [1.82, 2.24) is 10.6 Å². The summed E-state index contributed by atoms with van der Waals surface area (Å²) in [4.78, 5) is 25.9. The molecule has 0 spiro atoms. The van der Waals surface area contributed by atoms with Gasteiger partial charge in [-0.2, -0.15) is 0 Å². The molecule has 0 fully saturated rings. The fourth-order valence-electron chi connectivity index (χ4n) is 3.10. The van der Waals surface area contributed by atoms with Gasteiger partial charge in [-0.15, -0.1) is 0 Å². The van der Waals surface area contributed by atoms with Crippen LogP contribution in [0.25, 0.3) is 6.08 Å². The normalized spacial score (nSPS) is 12.0. The van der Waals surface area contributed by atoms with Crippen molar-refractivity contribution >= 4 is 17.9 Å². The van der Waals surface area contributed by atoms with Gasteiger partial charge in [0.1, 0.15) is 23.0 Å². The number of benzene rings is 2. The van der Waals surface area contributed by atoms with Crippen molar-refractivity contribution in [1.29, 1.82) is 0 Å². The molecule has 1 heterocycles. The van der Waals surface area contributed by atoms with E-state index in [9.17, 15) is 9.59 Å². The molecule has 0 unspecified atom stereocenters. The molecule has 2 amide bonds. The third-order valence-electron chi connectivity index (χ3n) is 4.91. The van der Waals surface area contributed by atoms with Crippen LogP contribution in [0.5, 0.6) is 11.5 Å². The second-order valence-electron chi connectivity index (χ2n) is 6.96. The van der Waals surface area contributed by atoms with Crippen molar-refractivity contribution in [3.05, 3.63) is 89.5 Å². The summed E-state index contributed by atoms with van der Waals surface area (Å²) in [5.74, 6) is 0.975. The SMILES string of the molecule is CC[C@H](NC(=O)/C(=C/c1ccco1)NC(=O)c1ccc(OC)cc1)c1ccc(OC)cc1. The van der Waals surface area contributed by atoms with Gasteiger partial charge in [-0.05, 0) is 60.5 Å². The number of hydrogen-bond acceptors (Lipinski definition) is 5. The maximum atomic E-state index is 13.1. The summed E-state index contributed by atoms with van der Waals surface area (Å²) >= 11 is 0. The maximum absolute atomic E-state index is 13.1. The van der Waals surface area contributed by atoms with Crippen LogP contribution in [-0.2, 0) is 4.79 Å². The Morgan fingerprint density at radius 1 is 0.969 bits per heavy atom. The average Bonchev–Trinajstić information content (AvgIpc) is 3.35. The van der Waals surface area contributed by atoms with Gasteiger partial charge in [0.15, 0.2) is 0 Å². The first-order valence-corrected chi connectivity index (χ1v) is 10.2. The molecule has 0 aliphatic carbocycles. The molecule has 0 aliphatic rings. The fraction of sp³-hybridized carbons (Fsp3) is 0.200.